The molecule has 0 saturated heterocycles. The highest BCUT2D eigenvalue weighted by Crippen LogP contribution is 2.40. The fourth-order valence-corrected chi connectivity index (χ4v) is 4.95. The monoisotopic (exact) mass is 474 g/mol. The summed E-state index contributed by atoms with van der Waals surface area (Å²) in [6, 6.07) is 13.8. The molecule has 2 aromatic rings. The van der Waals surface area contributed by atoms with E-state index in [1.165, 1.54) is 0 Å². The molecule has 0 spiro atoms. The van der Waals surface area contributed by atoms with Crippen LogP contribution in [0.25, 0.3) is 0 Å². The Morgan fingerprint density at radius 3 is 2.46 bits per heavy atom. The van der Waals surface area contributed by atoms with Crippen molar-refractivity contribution in [1.29, 1.82) is 0 Å². The van der Waals surface area contributed by atoms with E-state index >= 15 is 0 Å². The molecule has 0 fully saturated rings. The molecule has 2 atom stereocenters. The maximum absolute atomic E-state index is 14.0. The maximum atomic E-state index is 14.0. The Balaban J connectivity index is 1.77. The number of rotatable bonds is 7. The first-order chi connectivity index (χ1) is 16.7. The summed E-state index contributed by atoms with van der Waals surface area (Å²) >= 11 is 0. The van der Waals surface area contributed by atoms with Crippen LogP contribution in [0.1, 0.15) is 55.1 Å². The SMILES string of the molecule is CCN1C(=O)N[C@@H](c2ccc(C)cc2C)C2=C1CN([C@@H](C(=O)NCC(C)C)c1ccccc1)C2=O. The molecule has 2 aliphatic heterocycles. The second kappa shape index (κ2) is 9.94. The van der Waals surface area contributed by atoms with Crippen LogP contribution >= 0.6 is 0 Å². The molecule has 0 bridgehead atoms. The summed E-state index contributed by atoms with van der Waals surface area (Å²) in [5, 5.41) is 6.05. The summed E-state index contributed by atoms with van der Waals surface area (Å²) in [5.74, 6) is -0.164. The number of nitrogens with zero attached hydrogens (tertiary/aromatic N) is 2. The lowest BCUT2D eigenvalue weighted by Crippen LogP contribution is -2.47. The molecule has 7 nitrogen and oxygen atoms in total. The smallest absolute Gasteiger partial charge is 0.322 e. The van der Waals surface area contributed by atoms with Gasteiger partial charge in [0.15, 0.2) is 0 Å². The topological polar surface area (TPSA) is 81.8 Å². The van der Waals surface area contributed by atoms with Crippen molar-refractivity contribution in [3.8, 4) is 0 Å². The molecule has 4 rings (SSSR count). The summed E-state index contributed by atoms with van der Waals surface area (Å²) < 4.78 is 0. The lowest BCUT2D eigenvalue weighted by molar-refractivity contribution is -0.136. The largest absolute Gasteiger partial charge is 0.354 e. The number of hydrogen-bond acceptors (Lipinski definition) is 3. The van der Waals surface area contributed by atoms with E-state index in [9.17, 15) is 14.4 Å². The van der Waals surface area contributed by atoms with Gasteiger partial charge in [0.25, 0.3) is 5.91 Å². The minimum absolute atomic E-state index is 0.200. The fraction of sp³-hybridized carbons (Fsp3) is 0.393. The zero-order valence-electron chi connectivity index (χ0n) is 21.1. The number of nitrogens with one attached hydrogen (secondary N) is 2. The normalized spacial score (nSPS) is 18.6. The number of hydrogen-bond donors (Lipinski definition) is 2. The minimum Gasteiger partial charge on any atom is -0.354 e. The Morgan fingerprint density at radius 1 is 1.11 bits per heavy atom. The van der Waals surface area contributed by atoms with Crippen LogP contribution in [-0.4, -0.2) is 47.3 Å². The molecule has 0 unspecified atom stereocenters. The van der Waals surface area contributed by atoms with Gasteiger partial charge in [-0.15, -0.1) is 0 Å². The van der Waals surface area contributed by atoms with Crippen LogP contribution in [0.2, 0.25) is 0 Å². The molecular formula is C28H34N4O3. The Bertz CT molecular complexity index is 1170. The number of benzene rings is 2. The molecule has 2 N–H and O–H groups in total. The second-order valence-corrected chi connectivity index (χ2v) is 9.73. The van der Waals surface area contributed by atoms with Gasteiger partial charge in [0.2, 0.25) is 5.91 Å². The number of likely N-dealkylation sites (N-methyl/N-ethyl adjacent to an activating group) is 1. The van der Waals surface area contributed by atoms with Gasteiger partial charge in [-0.3, -0.25) is 14.5 Å². The third kappa shape index (κ3) is 4.67. The van der Waals surface area contributed by atoms with Crippen LogP contribution in [-0.2, 0) is 9.59 Å². The zero-order chi connectivity index (χ0) is 25.3. The molecule has 2 aliphatic rings. The van der Waals surface area contributed by atoms with Crippen LogP contribution in [0.3, 0.4) is 0 Å². The highest BCUT2D eigenvalue weighted by atomic mass is 16.2. The molecule has 184 valence electrons. The van der Waals surface area contributed by atoms with E-state index in [-0.39, 0.29) is 30.3 Å². The molecular weight excluding hydrogens is 440 g/mol. The van der Waals surface area contributed by atoms with Crippen LogP contribution in [0.15, 0.2) is 59.8 Å². The molecule has 2 aromatic carbocycles. The van der Waals surface area contributed by atoms with Crippen LogP contribution in [0.4, 0.5) is 4.79 Å². The summed E-state index contributed by atoms with van der Waals surface area (Å²) in [6.45, 7) is 11.1. The van der Waals surface area contributed by atoms with E-state index in [0.717, 1.165) is 22.3 Å². The van der Waals surface area contributed by atoms with Crippen molar-refractivity contribution in [1.82, 2.24) is 20.4 Å². The first-order valence-electron chi connectivity index (χ1n) is 12.2. The summed E-state index contributed by atoms with van der Waals surface area (Å²) in [4.78, 5) is 43.7. The number of urea groups is 1. The van der Waals surface area contributed by atoms with E-state index in [0.29, 0.717) is 24.4 Å². The van der Waals surface area contributed by atoms with Crippen molar-refractivity contribution < 1.29 is 14.4 Å². The highest BCUT2D eigenvalue weighted by molar-refractivity contribution is 6.04. The van der Waals surface area contributed by atoms with Crippen LogP contribution in [0.5, 0.6) is 0 Å². The molecule has 7 heteroatoms. The molecule has 0 saturated carbocycles. The summed E-state index contributed by atoms with van der Waals surface area (Å²) in [5.41, 5.74) is 4.96. The molecule has 2 heterocycles. The average Bonchev–Trinajstić information content (AvgIpc) is 3.15. The average molecular weight is 475 g/mol. The number of amides is 4. The first kappa shape index (κ1) is 24.5. The third-order valence-electron chi connectivity index (χ3n) is 6.66. The van der Waals surface area contributed by atoms with E-state index < -0.39 is 12.1 Å². The molecule has 35 heavy (non-hydrogen) atoms. The summed E-state index contributed by atoms with van der Waals surface area (Å²) in [7, 11) is 0. The van der Waals surface area contributed by atoms with E-state index in [1.54, 1.807) is 9.80 Å². The molecule has 0 aliphatic carbocycles. The number of carbonyl (C=O) groups excluding carboxylic acids is 3. The van der Waals surface area contributed by atoms with Gasteiger partial charge < -0.3 is 15.5 Å². The third-order valence-corrected chi connectivity index (χ3v) is 6.66. The Hall–Kier alpha value is -3.61. The maximum Gasteiger partial charge on any atom is 0.322 e. The van der Waals surface area contributed by atoms with Gasteiger partial charge >= 0.3 is 6.03 Å². The number of carbonyl (C=O) groups is 3. The predicted molar refractivity (Wildman–Crippen MR) is 135 cm³/mol. The highest BCUT2D eigenvalue weighted by Gasteiger charge is 2.47. The minimum atomic E-state index is -0.790. The van der Waals surface area contributed by atoms with Gasteiger partial charge in [0.05, 0.1) is 23.9 Å². The van der Waals surface area contributed by atoms with Gasteiger partial charge in [-0.05, 0) is 43.4 Å². The standard InChI is InChI=1S/C28H34N4O3/c1-6-31-22-16-32(25(20-10-8-7-9-11-20)26(33)29-15-17(2)3)27(34)23(22)24(30-28(31)35)21-13-12-18(4)14-19(21)5/h7-14,17,24-25H,6,15-16H2,1-5H3,(H,29,33)(H,30,35)/t24-,25+/m0/s1. The second-order valence-electron chi connectivity index (χ2n) is 9.73. The van der Waals surface area contributed by atoms with Crippen molar-refractivity contribution in [3.63, 3.8) is 0 Å². The fourth-order valence-electron chi connectivity index (χ4n) is 4.95. The van der Waals surface area contributed by atoms with Crippen molar-refractivity contribution in [2.24, 2.45) is 5.92 Å². The van der Waals surface area contributed by atoms with Crippen LogP contribution in [0, 0.1) is 19.8 Å². The van der Waals surface area contributed by atoms with Gasteiger partial charge in [-0.1, -0.05) is 67.9 Å². The van der Waals surface area contributed by atoms with Crippen molar-refractivity contribution in [2.75, 3.05) is 19.6 Å². The van der Waals surface area contributed by atoms with Crippen LogP contribution < -0.4 is 10.6 Å². The van der Waals surface area contributed by atoms with E-state index in [2.05, 4.69) is 16.7 Å². The summed E-state index contributed by atoms with van der Waals surface area (Å²) in [6.07, 6.45) is 0. The quantitative estimate of drug-likeness (QED) is 0.637. The molecule has 4 amide bonds. The number of aryl methyl sites for hydroxylation is 2. The Labute approximate surface area is 207 Å². The van der Waals surface area contributed by atoms with E-state index in [1.807, 2.05) is 77.1 Å². The lowest BCUT2D eigenvalue weighted by Gasteiger charge is -2.33. The van der Waals surface area contributed by atoms with Gasteiger partial charge in [0, 0.05) is 13.1 Å². The Morgan fingerprint density at radius 2 is 1.83 bits per heavy atom. The van der Waals surface area contributed by atoms with Gasteiger partial charge in [-0.2, -0.15) is 0 Å². The molecule has 0 radical (unpaired) electrons. The zero-order valence-corrected chi connectivity index (χ0v) is 21.1. The Kier molecular flexibility index (Phi) is 6.96. The predicted octanol–water partition coefficient (Wildman–Crippen LogP) is 4.00. The molecule has 0 aromatic heterocycles. The van der Waals surface area contributed by atoms with Gasteiger partial charge in [0.1, 0.15) is 6.04 Å². The van der Waals surface area contributed by atoms with Crippen molar-refractivity contribution in [2.45, 2.75) is 46.7 Å². The lowest BCUT2D eigenvalue weighted by atomic mass is 9.91. The van der Waals surface area contributed by atoms with Crippen molar-refractivity contribution in [3.05, 3.63) is 82.1 Å². The van der Waals surface area contributed by atoms with Gasteiger partial charge in [-0.25, -0.2) is 4.79 Å². The van der Waals surface area contributed by atoms with Crippen molar-refractivity contribution >= 4 is 17.8 Å². The van der Waals surface area contributed by atoms with E-state index in [4.69, 9.17) is 0 Å². The first-order valence-corrected chi connectivity index (χ1v) is 12.2.